The van der Waals surface area contributed by atoms with Crippen molar-refractivity contribution in [3.05, 3.63) is 30.1 Å². The lowest BCUT2D eigenvalue weighted by Crippen LogP contribution is -2.38. The Balaban J connectivity index is 1.72. The van der Waals surface area contributed by atoms with Crippen LogP contribution in [0.25, 0.3) is 11.0 Å². The number of nitrogens with zero attached hydrogens (tertiary/aromatic N) is 3. The van der Waals surface area contributed by atoms with Gasteiger partial charge in [-0.1, -0.05) is 6.07 Å². The molecule has 0 N–H and O–H groups in total. The maximum Gasteiger partial charge on any atom is 0.0958 e. The van der Waals surface area contributed by atoms with Gasteiger partial charge in [-0.3, -0.25) is 4.90 Å². The summed E-state index contributed by atoms with van der Waals surface area (Å²) in [6.07, 6.45) is 1.95. The quantitative estimate of drug-likeness (QED) is 0.824. The summed E-state index contributed by atoms with van der Waals surface area (Å²) < 4.78 is 7.61. The first-order valence-corrected chi connectivity index (χ1v) is 6.54. The molecule has 1 aromatic heterocycles. The monoisotopic (exact) mass is 245 g/mol. The number of rotatable bonds is 3. The van der Waals surface area contributed by atoms with Crippen molar-refractivity contribution >= 4 is 11.0 Å². The van der Waals surface area contributed by atoms with E-state index in [4.69, 9.17) is 4.74 Å². The van der Waals surface area contributed by atoms with E-state index in [1.807, 2.05) is 6.33 Å². The van der Waals surface area contributed by atoms with Gasteiger partial charge in [0.1, 0.15) is 0 Å². The minimum absolute atomic E-state index is 0.865. The molecule has 0 amide bonds. The number of hydrogen-bond donors (Lipinski definition) is 0. The van der Waals surface area contributed by atoms with Gasteiger partial charge in [0, 0.05) is 26.2 Å². The minimum Gasteiger partial charge on any atom is -0.379 e. The molecule has 0 atom stereocenters. The average Bonchev–Trinajstić information content (AvgIpc) is 2.80. The molecule has 0 unspecified atom stereocenters. The van der Waals surface area contributed by atoms with Crippen molar-refractivity contribution in [2.24, 2.45) is 0 Å². The van der Waals surface area contributed by atoms with E-state index in [0.717, 1.165) is 44.9 Å². The van der Waals surface area contributed by atoms with Crippen molar-refractivity contribution in [3.63, 3.8) is 0 Å². The number of ether oxygens (including phenoxy) is 1. The third-order valence-corrected chi connectivity index (χ3v) is 3.54. The lowest BCUT2D eigenvalue weighted by Gasteiger charge is -2.26. The SMILES string of the molecule is Cc1ccc2ncn(CCN3CCOCC3)c2c1. The van der Waals surface area contributed by atoms with E-state index in [1.165, 1.54) is 11.1 Å². The first-order chi connectivity index (χ1) is 8.83. The Kier molecular flexibility index (Phi) is 3.30. The van der Waals surface area contributed by atoms with Crippen molar-refractivity contribution in [3.8, 4) is 0 Å². The second-order valence-electron chi connectivity index (χ2n) is 4.88. The molecule has 2 aromatic rings. The number of morpholine rings is 1. The van der Waals surface area contributed by atoms with Gasteiger partial charge in [0.2, 0.25) is 0 Å². The number of benzene rings is 1. The van der Waals surface area contributed by atoms with E-state index in [2.05, 4.69) is 39.6 Å². The van der Waals surface area contributed by atoms with E-state index in [9.17, 15) is 0 Å². The van der Waals surface area contributed by atoms with Crippen LogP contribution in [0.1, 0.15) is 5.56 Å². The van der Waals surface area contributed by atoms with Gasteiger partial charge < -0.3 is 9.30 Å². The fraction of sp³-hybridized carbons (Fsp3) is 0.500. The van der Waals surface area contributed by atoms with Crippen LogP contribution in [0, 0.1) is 6.92 Å². The summed E-state index contributed by atoms with van der Waals surface area (Å²) in [4.78, 5) is 6.89. The molecular formula is C14H19N3O. The number of hydrogen-bond acceptors (Lipinski definition) is 3. The van der Waals surface area contributed by atoms with Gasteiger partial charge in [-0.15, -0.1) is 0 Å². The van der Waals surface area contributed by atoms with Gasteiger partial charge in [-0.2, -0.15) is 0 Å². The van der Waals surface area contributed by atoms with Crippen LogP contribution < -0.4 is 0 Å². The van der Waals surface area contributed by atoms with Crippen LogP contribution in [-0.2, 0) is 11.3 Å². The molecular weight excluding hydrogens is 226 g/mol. The summed E-state index contributed by atoms with van der Waals surface area (Å²) in [5.41, 5.74) is 3.61. The third-order valence-electron chi connectivity index (χ3n) is 3.54. The largest absolute Gasteiger partial charge is 0.379 e. The summed E-state index contributed by atoms with van der Waals surface area (Å²) in [6, 6.07) is 6.42. The Morgan fingerprint density at radius 2 is 2.06 bits per heavy atom. The van der Waals surface area contributed by atoms with E-state index >= 15 is 0 Å². The fourth-order valence-corrected chi connectivity index (χ4v) is 2.42. The molecule has 3 rings (SSSR count). The fourth-order valence-electron chi connectivity index (χ4n) is 2.42. The van der Waals surface area contributed by atoms with Gasteiger partial charge in [0.05, 0.1) is 30.6 Å². The van der Waals surface area contributed by atoms with Gasteiger partial charge in [-0.05, 0) is 24.6 Å². The molecule has 1 fully saturated rings. The summed E-state index contributed by atoms with van der Waals surface area (Å²) >= 11 is 0. The number of imidazole rings is 1. The van der Waals surface area contributed by atoms with Crippen molar-refractivity contribution < 1.29 is 4.74 Å². The molecule has 1 saturated heterocycles. The van der Waals surface area contributed by atoms with Crippen LogP contribution in [0.15, 0.2) is 24.5 Å². The highest BCUT2D eigenvalue weighted by molar-refractivity contribution is 5.75. The highest BCUT2D eigenvalue weighted by Crippen LogP contribution is 2.14. The van der Waals surface area contributed by atoms with Crippen molar-refractivity contribution in [2.45, 2.75) is 13.5 Å². The van der Waals surface area contributed by atoms with E-state index < -0.39 is 0 Å². The molecule has 2 heterocycles. The molecule has 0 bridgehead atoms. The van der Waals surface area contributed by atoms with Gasteiger partial charge >= 0.3 is 0 Å². The first kappa shape index (κ1) is 11.7. The molecule has 18 heavy (non-hydrogen) atoms. The normalized spacial score (nSPS) is 17.4. The van der Waals surface area contributed by atoms with E-state index in [-0.39, 0.29) is 0 Å². The highest BCUT2D eigenvalue weighted by Gasteiger charge is 2.10. The molecule has 96 valence electrons. The zero-order chi connectivity index (χ0) is 12.4. The van der Waals surface area contributed by atoms with Gasteiger partial charge in [0.25, 0.3) is 0 Å². The second kappa shape index (κ2) is 5.08. The Morgan fingerprint density at radius 1 is 1.22 bits per heavy atom. The van der Waals surface area contributed by atoms with Crippen LogP contribution in [-0.4, -0.2) is 47.3 Å². The number of aryl methyl sites for hydroxylation is 1. The van der Waals surface area contributed by atoms with Crippen molar-refractivity contribution in [1.82, 2.24) is 14.5 Å². The molecule has 1 aliphatic rings. The molecule has 0 aliphatic carbocycles. The summed E-state index contributed by atoms with van der Waals surface area (Å²) in [7, 11) is 0. The third kappa shape index (κ3) is 2.40. The molecule has 1 aliphatic heterocycles. The van der Waals surface area contributed by atoms with Crippen LogP contribution in [0.5, 0.6) is 0 Å². The van der Waals surface area contributed by atoms with Gasteiger partial charge in [0.15, 0.2) is 0 Å². The molecule has 0 radical (unpaired) electrons. The number of aromatic nitrogens is 2. The summed E-state index contributed by atoms with van der Waals surface area (Å²) in [5.74, 6) is 0. The molecule has 0 spiro atoms. The molecule has 1 aromatic carbocycles. The summed E-state index contributed by atoms with van der Waals surface area (Å²) in [5, 5.41) is 0. The smallest absolute Gasteiger partial charge is 0.0958 e. The topological polar surface area (TPSA) is 30.3 Å². The zero-order valence-electron chi connectivity index (χ0n) is 10.8. The second-order valence-corrected chi connectivity index (χ2v) is 4.88. The number of fused-ring (bicyclic) bond motifs is 1. The van der Waals surface area contributed by atoms with Crippen LogP contribution in [0.4, 0.5) is 0 Å². The van der Waals surface area contributed by atoms with Crippen LogP contribution in [0.2, 0.25) is 0 Å². The lowest BCUT2D eigenvalue weighted by molar-refractivity contribution is 0.0365. The Morgan fingerprint density at radius 3 is 2.89 bits per heavy atom. The first-order valence-electron chi connectivity index (χ1n) is 6.54. The average molecular weight is 245 g/mol. The van der Waals surface area contributed by atoms with Crippen LogP contribution >= 0.6 is 0 Å². The molecule has 0 saturated carbocycles. The lowest BCUT2D eigenvalue weighted by atomic mass is 10.2. The molecule has 4 nitrogen and oxygen atoms in total. The highest BCUT2D eigenvalue weighted by atomic mass is 16.5. The Hall–Kier alpha value is -1.39. The minimum atomic E-state index is 0.865. The molecule has 4 heteroatoms. The Labute approximate surface area is 107 Å². The maximum atomic E-state index is 5.36. The predicted molar refractivity (Wildman–Crippen MR) is 71.7 cm³/mol. The van der Waals surface area contributed by atoms with Gasteiger partial charge in [-0.25, -0.2) is 4.98 Å². The maximum absolute atomic E-state index is 5.36. The standard InChI is InChI=1S/C14H19N3O/c1-12-2-3-13-14(10-12)17(11-15-13)5-4-16-6-8-18-9-7-16/h2-3,10-11H,4-9H2,1H3. The Bertz CT molecular complexity index is 529. The predicted octanol–water partition coefficient (Wildman–Crippen LogP) is 1.68. The van der Waals surface area contributed by atoms with Crippen molar-refractivity contribution in [1.29, 1.82) is 0 Å². The van der Waals surface area contributed by atoms with E-state index in [1.54, 1.807) is 0 Å². The zero-order valence-corrected chi connectivity index (χ0v) is 10.8. The van der Waals surface area contributed by atoms with Crippen LogP contribution in [0.3, 0.4) is 0 Å². The van der Waals surface area contributed by atoms with Crippen molar-refractivity contribution in [2.75, 3.05) is 32.8 Å². The van der Waals surface area contributed by atoms with E-state index in [0.29, 0.717) is 0 Å². The summed E-state index contributed by atoms with van der Waals surface area (Å²) in [6.45, 7) is 8.02.